The summed E-state index contributed by atoms with van der Waals surface area (Å²) in [6, 6.07) is 0. The second kappa shape index (κ2) is 4.46. The summed E-state index contributed by atoms with van der Waals surface area (Å²) in [4.78, 5) is 11.0. The number of aliphatic hydroxyl groups is 1. The summed E-state index contributed by atoms with van der Waals surface area (Å²) in [7, 11) is 1.72. The molecule has 0 atom stereocenters. The Kier molecular flexibility index (Phi) is 3.17. The number of nitrogens with one attached hydrogen (secondary N) is 1. The normalized spacial score (nSPS) is 17.8. The van der Waals surface area contributed by atoms with Crippen molar-refractivity contribution in [3.05, 3.63) is 17.5 Å². The molecule has 0 aliphatic heterocycles. The van der Waals surface area contributed by atoms with Crippen LogP contribution in [0.1, 0.15) is 35.3 Å². The molecule has 1 aromatic heterocycles. The summed E-state index contributed by atoms with van der Waals surface area (Å²) in [5, 5.41) is 25.5. The Hall–Kier alpha value is -1.40. The number of aromatic carboxylic acids is 1. The summed E-state index contributed by atoms with van der Waals surface area (Å²) in [5.74, 6) is -0.971. The lowest BCUT2D eigenvalue weighted by molar-refractivity contribution is 0.0692. The molecule has 1 saturated carbocycles. The van der Waals surface area contributed by atoms with Crippen LogP contribution in [0.3, 0.4) is 0 Å². The largest absolute Gasteiger partial charge is 0.478 e. The third kappa shape index (κ3) is 2.18. The fourth-order valence-electron chi connectivity index (χ4n) is 2.12. The zero-order valence-electron chi connectivity index (χ0n) is 9.81. The van der Waals surface area contributed by atoms with Gasteiger partial charge in [0.25, 0.3) is 0 Å². The number of aliphatic hydroxyl groups excluding tert-OH is 1. The molecule has 3 N–H and O–H groups in total. The van der Waals surface area contributed by atoms with Crippen molar-refractivity contribution in [3.63, 3.8) is 0 Å². The number of aryl methyl sites for hydroxylation is 1. The molecule has 0 radical (unpaired) electrons. The number of hydrogen-bond acceptors (Lipinski definition) is 4. The molecule has 1 aliphatic carbocycles. The van der Waals surface area contributed by atoms with Gasteiger partial charge in [-0.1, -0.05) is 0 Å². The van der Waals surface area contributed by atoms with Gasteiger partial charge in [-0.2, -0.15) is 5.10 Å². The Bertz CT molecular complexity index is 418. The highest BCUT2D eigenvalue weighted by Gasteiger charge is 2.36. The molecule has 0 saturated heterocycles. The monoisotopic (exact) mass is 239 g/mol. The van der Waals surface area contributed by atoms with Crippen LogP contribution in [0.25, 0.3) is 0 Å². The maximum absolute atomic E-state index is 11.0. The molecule has 1 heterocycles. The fourth-order valence-corrected chi connectivity index (χ4v) is 2.12. The van der Waals surface area contributed by atoms with E-state index in [1.165, 1.54) is 6.20 Å². The van der Waals surface area contributed by atoms with Crippen LogP contribution in [-0.4, -0.2) is 38.1 Å². The number of carbonyl (C=O) groups is 1. The van der Waals surface area contributed by atoms with Gasteiger partial charge in [0.1, 0.15) is 5.56 Å². The van der Waals surface area contributed by atoms with Gasteiger partial charge < -0.3 is 15.5 Å². The molecular weight excluding hydrogens is 222 g/mol. The Balaban J connectivity index is 2.08. The molecule has 1 fully saturated rings. The van der Waals surface area contributed by atoms with Gasteiger partial charge in [-0.25, -0.2) is 4.79 Å². The third-order valence-corrected chi connectivity index (χ3v) is 3.54. The zero-order chi connectivity index (χ0) is 12.5. The lowest BCUT2D eigenvalue weighted by Crippen LogP contribution is -2.53. The molecular formula is C11H17N3O3. The van der Waals surface area contributed by atoms with E-state index >= 15 is 0 Å². The first-order valence-electron chi connectivity index (χ1n) is 5.68. The van der Waals surface area contributed by atoms with Gasteiger partial charge in [0, 0.05) is 19.1 Å². The van der Waals surface area contributed by atoms with Crippen molar-refractivity contribution in [2.24, 2.45) is 7.05 Å². The number of rotatable bonds is 5. The van der Waals surface area contributed by atoms with Gasteiger partial charge in [0.2, 0.25) is 0 Å². The molecule has 0 aromatic carbocycles. The smallest absolute Gasteiger partial charge is 0.339 e. The van der Waals surface area contributed by atoms with Gasteiger partial charge in [0.05, 0.1) is 18.5 Å². The van der Waals surface area contributed by atoms with E-state index in [0.717, 1.165) is 19.3 Å². The van der Waals surface area contributed by atoms with E-state index in [4.69, 9.17) is 5.11 Å². The summed E-state index contributed by atoms with van der Waals surface area (Å²) >= 11 is 0. The maximum Gasteiger partial charge on any atom is 0.339 e. The van der Waals surface area contributed by atoms with Gasteiger partial charge in [-0.3, -0.25) is 4.68 Å². The summed E-state index contributed by atoms with van der Waals surface area (Å²) in [6.45, 7) is 0.506. The topological polar surface area (TPSA) is 87.4 Å². The minimum atomic E-state index is -0.971. The lowest BCUT2D eigenvalue weighted by Gasteiger charge is -2.41. The molecule has 17 heavy (non-hydrogen) atoms. The first-order chi connectivity index (χ1) is 8.08. The van der Waals surface area contributed by atoms with Crippen molar-refractivity contribution < 1.29 is 15.0 Å². The molecule has 0 amide bonds. The van der Waals surface area contributed by atoms with Crippen LogP contribution in [0.2, 0.25) is 0 Å². The van der Waals surface area contributed by atoms with Crippen LogP contribution < -0.4 is 5.32 Å². The Morgan fingerprint density at radius 1 is 1.65 bits per heavy atom. The van der Waals surface area contributed by atoms with Crippen LogP contribution in [0.5, 0.6) is 0 Å². The average molecular weight is 239 g/mol. The van der Waals surface area contributed by atoms with Crippen LogP contribution in [-0.2, 0) is 13.6 Å². The summed E-state index contributed by atoms with van der Waals surface area (Å²) in [5.41, 5.74) is 0.629. The summed E-state index contributed by atoms with van der Waals surface area (Å²) in [6.07, 6.45) is 4.32. The molecule has 6 nitrogen and oxygen atoms in total. The van der Waals surface area contributed by atoms with E-state index in [9.17, 15) is 9.90 Å². The Morgan fingerprint density at radius 3 is 2.82 bits per heavy atom. The van der Waals surface area contributed by atoms with Crippen molar-refractivity contribution >= 4 is 5.97 Å². The molecule has 0 bridgehead atoms. The Labute approximate surface area is 99.3 Å². The van der Waals surface area contributed by atoms with Crippen LogP contribution in [0, 0.1) is 0 Å². The second-order valence-corrected chi connectivity index (χ2v) is 4.58. The van der Waals surface area contributed by atoms with Crippen molar-refractivity contribution in [2.75, 3.05) is 6.61 Å². The van der Waals surface area contributed by atoms with E-state index in [2.05, 4.69) is 10.4 Å². The number of nitrogens with zero attached hydrogens (tertiary/aromatic N) is 2. The third-order valence-electron chi connectivity index (χ3n) is 3.54. The van der Waals surface area contributed by atoms with Gasteiger partial charge in [0.15, 0.2) is 0 Å². The highest BCUT2D eigenvalue weighted by atomic mass is 16.4. The van der Waals surface area contributed by atoms with E-state index in [0.29, 0.717) is 12.2 Å². The molecule has 0 unspecified atom stereocenters. The fraction of sp³-hybridized carbons (Fsp3) is 0.636. The predicted octanol–water partition coefficient (Wildman–Crippen LogP) is 0.123. The molecule has 6 heteroatoms. The molecule has 1 aliphatic rings. The van der Waals surface area contributed by atoms with Crippen LogP contribution in [0.4, 0.5) is 0 Å². The first-order valence-corrected chi connectivity index (χ1v) is 5.68. The quantitative estimate of drug-likeness (QED) is 0.679. The lowest BCUT2D eigenvalue weighted by atomic mass is 9.77. The van der Waals surface area contributed by atoms with Crippen molar-refractivity contribution in [1.29, 1.82) is 0 Å². The first kappa shape index (κ1) is 12.1. The number of carboxylic acids is 1. The predicted molar refractivity (Wildman–Crippen MR) is 60.7 cm³/mol. The molecule has 2 rings (SSSR count). The van der Waals surface area contributed by atoms with E-state index in [1.54, 1.807) is 11.7 Å². The highest BCUT2D eigenvalue weighted by Crippen LogP contribution is 2.31. The Morgan fingerprint density at radius 2 is 2.35 bits per heavy atom. The van der Waals surface area contributed by atoms with Crippen LogP contribution in [0.15, 0.2) is 6.20 Å². The number of aromatic nitrogens is 2. The standard InChI is InChI=1S/C11H17N3O3/c1-14-9(8(5-13-14)10(16)17)6-12-11(7-15)3-2-4-11/h5,12,15H,2-4,6-7H2,1H3,(H,16,17). The SMILES string of the molecule is Cn1ncc(C(=O)O)c1CNC1(CO)CCC1. The minimum Gasteiger partial charge on any atom is -0.478 e. The van der Waals surface area contributed by atoms with Crippen molar-refractivity contribution in [1.82, 2.24) is 15.1 Å². The van der Waals surface area contributed by atoms with E-state index in [-0.39, 0.29) is 17.7 Å². The van der Waals surface area contributed by atoms with E-state index in [1.807, 2.05) is 0 Å². The van der Waals surface area contributed by atoms with E-state index < -0.39 is 5.97 Å². The number of hydrogen-bond donors (Lipinski definition) is 3. The molecule has 0 spiro atoms. The number of carboxylic acid groups (broad SMARTS) is 1. The zero-order valence-corrected chi connectivity index (χ0v) is 9.81. The van der Waals surface area contributed by atoms with Crippen molar-refractivity contribution in [2.45, 2.75) is 31.3 Å². The van der Waals surface area contributed by atoms with Crippen LogP contribution >= 0.6 is 0 Å². The second-order valence-electron chi connectivity index (χ2n) is 4.58. The average Bonchev–Trinajstić information content (AvgIpc) is 2.59. The maximum atomic E-state index is 11.0. The molecule has 94 valence electrons. The van der Waals surface area contributed by atoms with Crippen molar-refractivity contribution in [3.8, 4) is 0 Å². The van der Waals surface area contributed by atoms with Gasteiger partial charge in [-0.05, 0) is 19.3 Å². The molecule has 1 aromatic rings. The van der Waals surface area contributed by atoms with Gasteiger partial charge in [-0.15, -0.1) is 0 Å². The highest BCUT2D eigenvalue weighted by molar-refractivity contribution is 5.88. The summed E-state index contributed by atoms with van der Waals surface area (Å²) < 4.78 is 1.56. The minimum absolute atomic E-state index is 0.0905. The van der Waals surface area contributed by atoms with Gasteiger partial charge >= 0.3 is 5.97 Å².